The van der Waals surface area contributed by atoms with E-state index in [1.807, 2.05) is 30.3 Å². The highest BCUT2D eigenvalue weighted by Crippen LogP contribution is 2.21. The largest absolute Gasteiger partial charge is 0.364 e. The van der Waals surface area contributed by atoms with E-state index < -0.39 is 5.91 Å². The second-order valence-corrected chi connectivity index (χ2v) is 7.09. The minimum absolute atomic E-state index is 0.0521. The van der Waals surface area contributed by atoms with Crippen molar-refractivity contribution in [2.75, 3.05) is 18.4 Å². The van der Waals surface area contributed by atoms with Gasteiger partial charge in [-0.1, -0.05) is 30.3 Å². The molecule has 3 rings (SSSR count). The van der Waals surface area contributed by atoms with Gasteiger partial charge in [0.25, 0.3) is 5.91 Å². The van der Waals surface area contributed by atoms with E-state index in [4.69, 9.17) is 5.73 Å². The molecular formula is C19H20N4O3S. The van der Waals surface area contributed by atoms with Gasteiger partial charge in [-0.15, -0.1) is 11.3 Å². The molecule has 2 heterocycles. The maximum Gasteiger partial charge on any atom is 0.268 e. The van der Waals surface area contributed by atoms with Crippen LogP contribution in [-0.4, -0.2) is 40.7 Å². The maximum absolute atomic E-state index is 12.4. The highest BCUT2D eigenvalue weighted by molar-refractivity contribution is 7.14. The molecule has 8 heteroatoms. The van der Waals surface area contributed by atoms with Crippen molar-refractivity contribution in [1.82, 2.24) is 9.88 Å². The van der Waals surface area contributed by atoms with Gasteiger partial charge in [-0.2, -0.15) is 0 Å². The molecule has 0 spiro atoms. The first-order valence-corrected chi connectivity index (χ1v) is 9.49. The molecule has 1 fully saturated rings. The first-order valence-electron chi connectivity index (χ1n) is 8.61. The third-order valence-electron chi connectivity index (χ3n) is 4.38. The van der Waals surface area contributed by atoms with Crippen LogP contribution in [0.3, 0.4) is 0 Å². The van der Waals surface area contributed by atoms with Gasteiger partial charge < -0.3 is 16.0 Å². The number of piperidine rings is 1. The number of hydrogen-bond donors (Lipinski definition) is 2. The lowest BCUT2D eigenvalue weighted by atomic mass is 9.96. The molecule has 0 aliphatic carbocycles. The zero-order valence-electron chi connectivity index (χ0n) is 14.6. The summed E-state index contributed by atoms with van der Waals surface area (Å²) in [6.07, 6.45) is 4.53. The van der Waals surface area contributed by atoms with E-state index in [-0.39, 0.29) is 23.4 Å². The van der Waals surface area contributed by atoms with Gasteiger partial charge in [-0.05, 0) is 24.5 Å². The average Bonchev–Trinajstić information content (AvgIpc) is 3.16. The molecule has 0 radical (unpaired) electrons. The summed E-state index contributed by atoms with van der Waals surface area (Å²) in [5.41, 5.74) is 6.27. The van der Waals surface area contributed by atoms with Crippen molar-refractivity contribution < 1.29 is 14.4 Å². The topological polar surface area (TPSA) is 105 Å². The van der Waals surface area contributed by atoms with E-state index in [2.05, 4.69) is 10.3 Å². The Morgan fingerprint density at radius 1 is 1.19 bits per heavy atom. The summed E-state index contributed by atoms with van der Waals surface area (Å²) in [5.74, 6) is -1.01. The normalized spacial score (nSPS) is 15.0. The lowest BCUT2D eigenvalue weighted by Crippen LogP contribution is -2.40. The minimum Gasteiger partial charge on any atom is -0.364 e. The number of carbonyl (C=O) groups excluding carboxylic acids is 3. The zero-order valence-corrected chi connectivity index (χ0v) is 15.4. The number of rotatable bonds is 5. The van der Waals surface area contributed by atoms with Crippen LogP contribution < -0.4 is 11.1 Å². The van der Waals surface area contributed by atoms with Crippen molar-refractivity contribution in [1.29, 1.82) is 0 Å². The van der Waals surface area contributed by atoms with Crippen LogP contribution in [0, 0.1) is 5.92 Å². The summed E-state index contributed by atoms with van der Waals surface area (Å²) < 4.78 is 0. The first kappa shape index (κ1) is 18.8. The number of hydrogen-bond acceptors (Lipinski definition) is 5. The fourth-order valence-corrected chi connectivity index (χ4v) is 3.55. The van der Waals surface area contributed by atoms with Crippen LogP contribution in [0.4, 0.5) is 5.13 Å². The van der Waals surface area contributed by atoms with Crippen molar-refractivity contribution in [3.63, 3.8) is 0 Å². The van der Waals surface area contributed by atoms with Crippen molar-refractivity contribution in [2.24, 2.45) is 11.7 Å². The molecule has 0 unspecified atom stereocenters. The van der Waals surface area contributed by atoms with E-state index in [9.17, 15) is 14.4 Å². The molecule has 1 aromatic heterocycles. The number of primary amides is 1. The molecule has 1 saturated heterocycles. The Balaban J connectivity index is 1.49. The van der Waals surface area contributed by atoms with Crippen LogP contribution in [0.2, 0.25) is 0 Å². The number of carbonyl (C=O) groups is 3. The van der Waals surface area contributed by atoms with Gasteiger partial charge in [0, 0.05) is 30.5 Å². The number of benzene rings is 1. The fourth-order valence-electron chi connectivity index (χ4n) is 2.85. The predicted octanol–water partition coefficient (Wildman–Crippen LogP) is 2.13. The molecule has 3 N–H and O–H groups in total. The smallest absolute Gasteiger partial charge is 0.268 e. The van der Waals surface area contributed by atoms with Gasteiger partial charge in [0.05, 0.1) is 0 Å². The molecule has 140 valence electrons. The van der Waals surface area contributed by atoms with Crippen molar-refractivity contribution in [3.8, 4) is 0 Å². The minimum atomic E-state index is -0.623. The van der Waals surface area contributed by atoms with E-state index in [0.29, 0.717) is 31.1 Å². The summed E-state index contributed by atoms with van der Waals surface area (Å²) in [4.78, 5) is 41.4. The molecule has 27 heavy (non-hydrogen) atoms. The third-order valence-corrected chi connectivity index (χ3v) is 5.14. The predicted molar refractivity (Wildman–Crippen MR) is 104 cm³/mol. The number of nitrogens with zero attached hydrogens (tertiary/aromatic N) is 2. The summed E-state index contributed by atoms with van der Waals surface area (Å²) in [7, 11) is 0. The van der Waals surface area contributed by atoms with Crippen LogP contribution in [0.25, 0.3) is 6.08 Å². The van der Waals surface area contributed by atoms with Crippen LogP contribution >= 0.6 is 11.3 Å². The van der Waals surface area contributed by atoms with Gasteiger partial charge in [0.2, 0.25) is 11.8 Å². The Morgan fingerprint density at radius 3 is 2.52 bits per heavy atom. The van der Waals surface area contributed by atoms with Crippen LogP contribution in [-0.2, 0) is 9.59 Å². The number of aromatic nitrogens is 1. The Labute approximate surface area is 160 Å². The maximum atomic E-state index is 12.4. The number of anilines is 1. The lowest BCUT2D eigenvalue weighted by molar-refractivity contribution is -0.130. The zero-order chi connectivity index (χ0) is 19.2. The lowest BCUT2D eigenvalue weighted by Gasteiger charge is -2.30. The second kappa shape index (κ2) is 8.59. The van der Waals surface area contributed by atoms with Gasteiger partial charge >= 0.3 is 0 Å². The summed E-state index contributed by atoms with van der Waals surface area (Å²) >= 11 is 1.16. The van der Waals surface area contributed by atoms with Gasteiger partial charge in [-0.25, -0.2) is 4.98 Å². The Morgan fingerprint density at radius 2 is 1.89 bits per heavy atom. The SMILES string of the molecule is NC(=O)c1csc(NC(=O)C2CCN(C(=O)C=Cc3ccccc3)CC2)n1. The van der Waals surface area contributed by atoms with Crippen LogP contribution in [0.15, 0.2) is 41.8 Å². The van der Waals surface area contributed by atoms with E-state index in [1.165, 1.54) is 5.38 Å². The molecule has 2 aromatic rings. The number of thiazole rings is 1. The first-order chi connectivity index (χ1) is 13.0. The summed E-state index contributed by atoms with van der Waals surface area (Å²) in [5, 5.41) is 4.59. The molecule has 1 aliphatic heterocycles. The van der Waals surface area contributed by atoms with Gasteiger partial charge in [-0.3, -0.25) is 14.4 Å². The van der Waals surface area contributed by atoms with Crippen molar-refractivity contribution >= 4 is 40.3 Å². The van der Waals surface area contributed by atoms with E-state index in [1.54, 1.807) is 17.1 Å². The monoisotopic (exact) mass is 384 g/mol. The molecule has 7 nitrogen and oxygen atoms in total. The molecular weight excluding hydrogens is 364 g/mol. The average molecular weight is 384 g/mol. The fraction of sp³-hybridized carbons (Fsp3) is 0.263. The van der Waals surface area contributed by atoms with Crippen LogP contribution in [0.1, 0.15) is 28.9 Å². The van der Waals surface area contributed by atoms with Crippen molar-refractivity contribution in [3.05, 3.63) is 53.0 Å². The highest BCUT2D eigenvalue weighted by atomic mass is 32.1. The molecule has 3 amide bonds. The number of nitrogens with two attached hydrogens (primary N) is 1. The molecule has 0 saturated carbocycles. The summed E-state index contributed by atoms with van der Waals surface area (Å²) in [6.45, 7) is 1.06. The van der Waals surface area contributed by atoms with Crippen molar-refractivity contribution in [2.45, 2.75) is 12.8 Å². The number of nitrogens with one attached hydrogen (secondary N) is 1. The van der Waals surface area contributed by atoms with Gasteiger partial charge in [0.15, 0.2) is 5.13 Å². The summed E-state index contributed by atoms with van der Waals surface area (Å²) in [6, 6.07) is 9.63. The Hall–Kier alpha value is -3.00. The Kier molecular flexibility index (Phi) is 5.97. The molecule has 0 bridgehead atoms. The Bertz CT molecular complexity index is 855. The number of likely N-dealkylation sites (tertiary alicyclic amines) is 1. The van der Waals surface area contributed by atoms with Gasteiger partial charge in [0.1, 0.15) is 5.69 Å². The van der Waals surface area contributed by atoms with E-state index in [0.717, 1.165) is 16.9 Å². The van der Waals surface area contributed by atoms with Crippen LogP contribution in [0.5, 0.6) is 0 Å². The quantitative estimate of drug-likeness (QED) is 0.770. The molecule has 0 atom stereocenters. The third kappa shape index (κ3) is 5.01. The second-order valence-electron chi connectivity index (χ2n) is 6.23. The number of amides is 3. The molecule has 1 aliphatic rings. The molecule has 1 aromatic carbocycles. The van der Waals surface area contributed by atoms with E-state index >= 15 is 0 Å². The standard InChI is InChI=1S/C19H20N4O3S/c20-17(25)15-12-27-19(21-15)22-18(26)14-8-10-23(11-9-14)16(24)7-6-13-4-2-1-3-5-13/h1-7,12,14H,8-11H2,(H2,20,25)(H,21,22,26). The highest BCUT2D eigenvalue weighted by Gasteiger charge is 2.27.